The Bertz CT molecular complexity index is 669. The number of aromatic nitrogens is 1. The van der Waals surface area contributed by atoms with Crippen molar-refractivity contribution >= 4 is 29.0 Å². The fraction of sp³-hybridized carbons (Fsp3) is 0.412. The summed E-state index contributed by atoms with van der Waals surface area (Å²) in [4.78, 5) is 18.4. The van der Waals surface area contributed by atoms with Gasteiger partial charge in [0.25, 0.3) is 0 Å². The van der Waals surface area contributed by atoms with Crippen LogP contribution < -0.4 is 4.74 Å². The molecule has 0 aromatic carbocycles. The number of carbonyl (C=O) groups excluding carboxylic acids is 1. The second-order valence-corrected chi connectivity index (χ2v) is 8.45. The molecule has 0 unspecified atom stereocenters. The SMILES string of the molecule is O=C(Cc1ccsc1)N1CC2(C[C@@H](Oc3cccnc3)CS2)C1. The molecule has 1 atom stereocenters. The molecule has 4 rings (SSSR count). The topological polar surface area (TPSA) is 42.4 Å². The molecule has 0 N–H and O–H groups in total. The van der Waals surface area contributed by atoms with Gasteiger partial charge in [0, 0.05) is 31.5 Å². The minimum absolute atomic E-state index is 0.206. The highest BCUT2D eigenvalue weighted by Gasteiger charge is 2.51. The van der Waals surface area contributed by atoms with Crippen molar-refractivity contribution in [3.8, 4) is 5.75 Å². The van der Waals surface area contributed by atoms with Crippen LogP contribution in [0.1, 0.15) is 12.0 Å². The second kappa shape index (κ2) is 6.17. The number of thiophene rings is 1. The number of hydrogen-bond donors (Lipinski definition) is 0. The highest BCUT2D eigenvalue weighted by molar-refractivity contribution is 8.01. The first-order chi connectivity index (χ1) is 11.2. The standard InChI is InChI=1S/C17H18N2O2S2/c20-16(6-13-3-5-22-9-13)19-11-17(12-19)7-15(10-23-17)21-14-2-1-4-18-8-14/h1-5,8-9,15H,6-7,10-12H2/t15-/m1/s1. The molecule has 2 aliphatic rings. The van der Waals surface area contributed by atoms with Crippen LogP contribution in [0.2, 0.25) is 0 Å². The molecule has 1 spiro atoms. The van der Waals surface area contributed by atoms with Gasteiger partial charge >= 0.3 is 0 Å². The maximum atomic E-state index is 12.3. The van der Waals surface area contributed by atoms with Crippen molar-refractivity contribution in [1.29, 1.82) is 0 Å². The molecule has 4 heterocycles. The average molecular weight is 346 g/mol. The summed E-state index contributed by atoms with van der Waals surface area (Å²) in [6, 6.07) is 5.86. The van der Waals surface area contributed by atoms with E-state index in [0.717, 1.165) is 36.6 Å². The molecule has 0 radical (unpaired) electrons. The molecule has 2 aromatic rings. The van der Waals surface area contributed by atoms with Crippen LogP contribution in [0.3, 0.4) is 0 Å². The highest BCUT2D eigenvalue weighted by Crippen LogP contribution is 2.46. The molecule has 4 nitrogen and oxygen atoms in total. The fourth-order valence-electron chi connectivity index (χ4n) is 3.21. The largest absolute Gasteiger partial charge is 0.488 e. The summed E-state index contributed by atoms with van der Waals surface area (Å²) in [6.07, 6.45) is 5.26. The van der Waals surface area contributed by atoms with Crippen molar-refractivity contribution in [2.24, 2.45) is 0 Å². The van der Waals surface area contributed by atoms with Crippen molar-refractivity contribution in [2.45, 2.75) is 23.7 Å². The van der Waals surface area contributed by atoms with E-state index in [4.69, 9.17) is 4.74 Å². The van der Waals surface area contributed by atoms with Crippen molar-refractivity contribution in [3.05, 3.63) is 46.9 Å². The van der Waals surface area contributed by atoms with Crippen LogP contribution in [0.4, 0.5) is 0 Å². The molecule has 0 bridgehead atoms. The third kappa shape index (κ3) is 3.23. The van der Waals surface area contributed by atoms with Crippen LogP contribution in [0.15, 0.2) is 41.4 Å². The lowest BCUT2D eigenvalue weighted by atomic mass is 9.92. The van der Waals surface area contributed by atoms with Gasteiger partial charge in [-0.15, -0.1) is 11.8 Å². The predicted octanol–water partition coefficient (Wildman–Crippen LogP) is 2.85. The summed E-state index contributed by atoms with van der Waals surface area (Å²) in [6.45, 7) is 1.71. The molecule has 2 aromatic heterocycles. The first-order valence-corrected chi connectivity index (χ1v) is 9.65. The Labute approximate surface area is 143 Å². The van der Waals surface area contributed by atoms with E-state index in [1.54, 1.807) is 23.7 Å². The summed E-state index contributed by atoms with van der Waals surface area (Å²) in [5, 5.41) is 4.07. The molecular weight excluding hydrogens is 328 g/mol. The quantitative estimate of drug-likeness (QED) is 0.854. The van der Waals surface area contributed by atoms with Gasteiger partial charge in [-0.3, -0.25) is 9.78 Å². The number of carbonyl (C=O) groups is 1. The van der Waals surface area contributed by atoms with E-state index in [1.165, 1.54) is 0 Å². The zero-order valence-corrected chi connectivity index (χ0v) is 14.3. The van der Waals surface area contributed by atoms with E-state index < -0.39 is 0 Å². The molecule has 0 aliphatic carbocycles. The van der Waals surface area contributed by atoms with Crippen LogP contribution in [-0.4, -0.2) is 45.5 Å². The van der Waals surface area contributed by atoms with E-state index in [2.05, 4.69) is 10.4 Å². The molecule has 6 heteroatoms. The van der Waals surface area contributed by atoms with Crippen molar-refractivity contribution in [1.82, 2.24) is 9.88 Å². The van der Waals surface area contributed by atoms with Gasteiger partial charge in [-0.2, -0.15) is 11.3 Å². The Morgan fingerprint density at radius 1 is 1.43 bits per heavy atom. The van der Waals surface area contributed by atoms with Gasteiger partial charge < -0.3 is 9.64 Å². The van der Waals surface area contributed by atoms with Crippen molar-refractivity contribution in [2.75, 3.05) is 18.8 Å². The summed E-state index contributed by atoms with van der Waals surface area (Å²) < 4.78 is 6.21. The van der Waals surface area contributed by atoms with Crippen LogP contribution in [0.5, 0.6) is 5.75 Å². The number of hydrogen-bond acceptors (Lipinski definition) is 5. The normalized spacial score (nSPS) is 22.1. The molecule has 120 valence electrons. The van der Waals surface area contributed by atoms with E-state index in [1.807, 2.05) is 40.2 Å². The molecule has 2 saturated heterocycles. The highest BCUT2D eigenvalue weighted by atomic mass is 32.2. The molecule has 23 heavy (non-hydrogen) atoms. The Kier molecular flexibility index (Phi) is 4.03. The van der Waals surface area contributed by atoms with Gasteiger partial charge in [0.05, 0.1) is 17.4 Å². The lowest BCUT2D eigenvalue weighted by molar-refractivity contribution is -0.135. The van der Waals surface area contributed by atoms with Crippen molar-refractivity contribution < 1.29 is 9.53 Å². The second-order valence-electron chi connectivity index (χ2n) is 6.18. The molecule has 0 saturated carbocycles. The summed E-state index contributed by atoms with van der Waals surface area (Å²) in [5.74, 6) is 2.06. The monoisotopic (exact) mass is 346 g/mol. The average Bonchev–Trinajstić information content (AvgIpc) is 3.16. The maximum absolute atomic E-state index is 12.3. The molecular formula is C17H18N2O2S2. The number of rotatable bonds is 4. The maximum Gasteiger partial charge on any atom is 0.227 e. The van der Waals surface area contributed by atoms with Gasteiger partial charge in [0.15, 0.2) is 0 Å². The zero-order valence-electron chi connectivity index (χ0n) is 12.7. The lowest BCUT2D eigenvalue weighted by Gasteiger charge is -2.47. The van der Waals surface area contributed by atoms with E-state index in [0.29, 0.717) is 6.42 Å². The third-order valence-corrected chi connectivity index (χ3v) is 6.67. The fourth-order valence-corrected chi connectivity index (χ4v) is 5.41. The number of nitrogens with zero attached hydrogens (tertiary/aromatic N) is 2. The third-order valence-electron chi connectivity index (χ3n) is 4.36. The van der Waals surface area contributed by atoms with Gasteiger partial charge in [-0.1, -0.05) is 0 Å². The van der Waals surface area contributed by atoms with E-state index in [9.17, 15) is 4.79 Å². The number of ether oxygens (including phenoxy) is 1. The Hall–Kier alpha value is -1.53. The Morgan fingerprint density at radius 2 is 2.35 bits per heavy atom. The first kappa shape index (κ1) is 15.0. The van der Waals surface area contributed by atoms with Gasteiger partial charge in [-0.25, -0.2) is 0 Å². The minimum atomic E-state index is 0.206. The smallest absolute Gasteiger partial charge is 0.227 e. The molecule has 2 fully saturated rings. The van der Waals surface area contributed by atoms with Crippen LogP contribution in [0.25, 0.3) is 0 Å². The molecule has 2 aliphatic heterocycles. The number of amides is 1. The van der Waals surface area contributed by atoms with Crippen molar-refractivity contribution in [3.63, 3.8) is 0 Å². The summed E-state index contributed by atoms with van der Waals surface area (Å²) in [5.41, 5.74) is 1.12. The van der Waals surface area contributed by atoms with Crippen LogP contribution in [-0.2, 0) is 11.2 Å². The Morgan fingerprint density at radius 3 is 3.09 bits per heavy atom. The first-order valence-electron chi connectivity index (χ1n) is 7.72. The number of likely N-dealkylation sites (tertiary alicyclic amines) is 1. The summed E-state index contributed by atoms with van der Waals surface area (Å²) in [7, 11) is 0. The Balaban J connectivity index is 1.28. The van der Waals surface area contributed by atoms with Gasteiger partial charge in [0.2, 0.25) is 5.91 Å². The summed E-state index contributed by atoms with van der Waals surface area (Å²) >= 11 is 3.59. The molecule has 1 amide bonds. The minimum Gasteiger partial charge on any atom is -0.488 e. The van der Waals surface area contributed by atoms with Gasteiger partial charge in [-0.05, 0) is 34.5 Å². The lowest BCUT2D eigenvalue weighted by Crippen LogP contribution is -2.61. The zero-order chi connectivity index (χ0) is 15.7. The van der Waals surface area contributed by atoms with E-state index >= 15 is 0 Å². The number of thioether (sulfide) groups is 1. The number of pyridine rings is 1. The van der Waals surface area contributed by atoms with Gasteiger partial charge in [0.1, 0.15) is 11.9 Å². The van der Waals surface area contributed by atoms with Crippen LogP contribution >= 0.6 is 23.1 Å². The predicted molar refractivity (Wildman–Crippen MR) is 93.1 cm³/mol. The van der Waals surface area contributed by atoms with Crippen LogP contribution in [0, 0.1) is 0 Å². The van der Waals surface area contributed by atoms with E-state index in [-0.39, 0.29) is 16.8 Å².